The lowest BCUT2D eigenvalue weighted by Crippen LogP contribution is -2.38. The van der Waals surface area contributed by atoms with Crippen molar-refractivity contribution in [2.75, 3.05) is 13.1 Å². The molecule has 2 rings (SSSR count). The zero-order valence-electron chi connectivity index (χ0n) is 16.3. The molecule has 0 radical (unpaired) electrons. The van der Waals surface area contributed by atoms with Gasteiger partial charge >= 0.3 is 0 Å². The van der Waals surface area contributed by atoms with Crippen LogP contribution in [0.5, 0.6) is 0 Å². The van der Waals surface area contributed by atoms with Crippen molar-refractivity contribution in [1.29, 1.82) is 0 Å². The lowest BCUT2D eigenvalue weighted by Gasteiger charge is -2.11. The molecule has 0 atom stereocenters. The number of hydrogen-bond acceptors (Lipinski definition) is 5. The van der Waals surface area contributed by atoms with E-state index in [1.165, 1.54) is 4.88 Å². The number of aromatic nitrogens is 2. The predicted molar refractivity (Wildman–Crippen MR) is 119 cm³/mol. The third-order valence-corrected chi connectivity index (χ3v) is 5.12. The van der Waals surface area contributed by atoms with E-state index in [0.29, 0.717) is 6.54 Å². The summed E-state index contributed by atoms with van der Waals surface area (Å²) >= 11 is 1.77. The van der Waals surface area contributed by atoms with Gasteiger partial charge in [-0.1, -0.05) is 19.0 Å². The highest BCUT2D eigenvalue weighted by Gasteiger charge is 2.13. The van der Waals surface area contributed by atoms with Crippen molar-refractivity contribution < 1.29 is 4.52 Å². The zero-order chi connectivity index (χ0) is 18.2. The van der Waals surface area contributed by atoms with Crippen LogP contribution in [0.3, 0.4) is 0 Å². The van der Waals surface area contributed by atoms with Gasteiger partial charge in [0, 0.05) is 36.4 Å². The largest absolute Gasteiger partial charge is 0.361 e. The number of aliphatic imine (C=N–C) groups is 1. The fraction of sp³-hybridized carbons (Fsp3) is 0.611. The summed E-state index contributed by atoms with van der Waals surface area (Å²) in [6.45, 7) is 12.6. The molecule has 0 aliphatic carbocycles. The van der Waals surface area contributed by atoms with E-state index in [0.717, 1.165) is 66.0 Å². The quantitative estimate of drug-likeness (QED) is 0.334. The molecule has 2 aromatic rings. The molecule has 0 spiro atoms. The van der Waals surface area contributed by atoms with Gasteiger partial charge in [-0.2, -0.15) is 0 Å². The maximum absolute atomic E-state index is 5.42. The maximum Gasteiger partial charge on any atom is 0.191 e. The summed E-state index contributed by atoms with van der Waals surface area (Å²) in [6, 6.07) is 0. The Hall–Kier alpha value is -1.16. The minimum Gasteiger partial charge on any atom is -0.361 e. The van der Waals surface area contributed by atoms with Crippen molar-refractivity contribution in [3.63, 3.8) is 0 Å². The van der Waals surface area contributed by atoms with Crippen molar-refractivity contribution in [1.82, 2.24) is 20.8 Å². The van der Waals surface area contributed by atoms with Gasteiger partial charge in [-0.3, -0.25) is 0 Å². The number of nitrogens with one attached hydrogen (secondary N) is 2. The maximum atomic E-state index is 5.42. The van der Waals surface area contributed by atoms with Crippen LogP contribution in [0.15, 0.2) is 9.52 Å². The fourth-order valence-electron chi connectivity index (χ4n) is 2.72. The first-order valence-electron chi connectivity index (χ1n) is 9.00. The minimum absolute atomic E-state index is 0. The Balaban J connectivity index is 0.00000338. The number of thiazole rings is 1. The van der Waals surface area contributed by atoms with Crippen molar-refractivity contribution in [2.24, 2.45) is 4.99 Å². The molecule has 2 heterocycles. The van der Waals surface area contributed by atoms with E-state index in [4.69, 9.17) is 9.52 Å². The standard InChI is InChI=1S/C18H29N5OS.HI/c1-6-15-14(16(7-2)24-23-15)11-21-18(19-8-3)20-10-9-17-12(4)22-13(5)25-17;/h6-11H2,1-5H3,(H2,19,20,21);1H. The second-order valence-corrected chi connectivity index (χ2v) is 7.14. The third-order valence-electron chi connectivity index (χ3n) is 3.99. The Morgan fingerprint density at radius 3 is 2.50 bits per heavy atom. The fourth-order valence-corrected chi connectivity index (χ4v) is 3.65. The van der Waals surface area contributed by atoms with E-state index < -0.39 is 0 Å². The molecule has 0 bridgehead atoms. The highest BCUT2D eigenvalue weighted by molar-refractivity contribution is 14.0. The van der Waals surface area contributed by atoms with Crippen LogP contribution >= 0.6 is 35.3 Å². The number of hydrogen-bond donors (Lipinski definition) is 2. The summed E-state index contributed by atoms with van der Waals surface area (Å²) in [6.07, 6.45) is 2.66. The molecular formula is C18H30IN5OS. The zero-order valence-corrected chi connectivity index (χ0v) is 19.5. The molecular weight excluding hydrogens is 461 g/mol. The molecule has 26 heavy (non-hydrogen) atoms. The Kier molecular flexibility index (Phi) is 10.1. The number of rotatable bonds is 8. The summed E-state index contributed by atoms with van der Waals surface area (Å²) in [7, 11) is 0. The minimum atomic E-state index is 0. The Morgan fingerprint density at radius 2 is 1.92 bits per heavy atom. The first-order chi connectivity index (χ1) is 12.1. The van der Waals surface area contributed by atoms with Gasteiger partial charge in [-0.05, 0) is 27.2 Å². The van der Waals surface area contributed by atoms with Crippen LogP contribution in [-0.2, 0) is 25.8 Å². The Labute approximate surface area is 177 Å². The van der Waals surface area contributed by atoms with E-state index in [-0.39, 0.29) is 24.0 Å². The van der Waals surface area contributed by atoms with Crippen LogP contribution in [0.4, 0.5) is 0 Å². The molecule has 8 heteroatoms. The van der Waals surface area contributed by atoms with Gasteiger partial charge in [0.05, 0.1) is 22.9 Å². The van der Waals surface area contributed by atoms with E-state index in [2.05, 4.69) is 55.4 Å². The van der Waals surface area contributed by atoms with Gasteiger partial charge < -0.3 is 15.2 Å². The lowest BCUT2D eigenvalue weighted by molar-refractivity contribution is 0.380. The van der Waals surface area contributed by atoms with E-state index in [9.17, 15) is 0 Å². The van der Waals surface area contributed by atoms with E-state index >= 15 is 0 Å². The predicted octanol–water partition coefficient (Wildman–Crippen LogP) is 3.79. The second kappa shape index (κ2) is 11.5. The molecule has 0 saturated heterocycles. The lowest BCUT2D eigenvalue weighted by atomic mass is 10.1. The highest BCUT2D eigenvalue weighted by Crippen LogP contribution is 2.18. The summed E-state index contributed by atoms with van der Waals surface area (Å²) in [5.41, 5.74) is 3.26. The molecule has 0 unspecified atom stereocenters. The summed E-state index contributed by atoms with van der Waals surface area (Å²) in [5.74, 6) is 1.76. The van der Waals surface area contributed by atoms with Crippen LogP contribution in [0, 0.1) is 13.8 Å². The van der Waals surface area contributed by atoms with Crippen molar-refractivity contribution >= 4 is 41.3 Å². The van der Waals surface area contributed by atoms with Gasteiger partial charge in [0.2, 0.25) is 0 Å². The first kappa shape index (κ1) is 22.9. The van der Waals surface area contributed by atoms with Crippen LogP contribution in [0.25, 0.3) is 0 Å². The molecule has 2 aromatic heterocycles. The van der Waals surface area contributed by atoms with Crippen LogP contribution in [0.2, 0.25) is 0 Å². The summed E-state index contributed by atoms with van der Waals surface area (Å²) in [4.78, 5) is 10.5. The van der Waals surface area contributed by atoms with Gasteiger partial charge in [0.25, 0.3) is 0 Å². The molecule has 6 nitrogen and oxygen atoms in total. The first-order valence-corrected chi connectivity index (χ1v) is 9.81. The molecule has 0 aliphatic heterocycles. The molecule has 2 N–H and O–H groups in total. The van der Waals surface area contributed by atoms with E-state index in [1.54, 1.807) is 11.3 Å². The molecule has 0 aliphatic rings. The normalized spacial score (nSPS) is 11.3. The molecule has 0 aromatic carbocycles. The monoisotopic (exact) mass is 491 g/mol. The summed E-state index contributed by atoms with van der Waals surface area (Å²) < 4.78 is 5.42. The smallest absolute Gasteiger partial charge is 0.191 e. The Morgan fingerprint density at radius 1 is 1.15 bits per heavy atom. The van der Waals surface area contributed by atoms with Gasteiger partial charge in [-0.25, -0.2) is 9.98 Å². The molecule has 0 amide bonds. The Bertz CT molecular complexity index is 689. The van der Waals surface area contributed by atoms with Crippen LogP contribution in [0.1, 0.15) is 53.4 Å². The van der Waals surface area contributed by atoms with Crippen LogP contribution < -0.4 is 10.6 Å². The molecule has 0 fully saturated rings. The second-order valence-electron chi connectivity index (χ2n) is 5.85. The average Bonchev–Trinajstić information content (AvgIpc) is 3.14. The van der Waals surface area contributed by atoms with Crippen molar-refractivity contribution in [2.45, 2.75) is 60.4 Å². The average molecular weight is 491 g/mol. The molecule has 0 saturated carbocycles. The number of nitrogens with zero attached hydrogens (tertiary/aromatic N) is 3. The van der Waals surface area contributed by atoms with Crippen molar-refractivity contribution in [3.05, 3.63) is 32.6 Å². The van der Waals surface area contributed by atoms with Crippen LogP contribution in [-0.4, -0.2) is 29.2 Å². The van der Waals surface area contributed by atoms with Gasteiger partial charge in [-0.15, -0.1) is 35.3 Å². The number of aryl methyl sites for hydroxylation is 4. The highest BCUT2D eigenvalue weighted by atomic mass is 127. The SMILES string of the molecule is CCNC(=NCc1c(CC)noc1CC)NCCc1sc(C)nc1C.I. The third kappa shape index (κ3) is 6.22. The molecule has 146 valence electrons. The summed E-state index contributed by atoms with van der Waals surface area (Å²) in [5, 5.41) is 12.0. The van der Waals surface area contributed by atoms with E-state index in [1.807, 2.05) is 0 Å². The van der Waals surface area contributed by atoms with Gasteiger partial charge in [0.15, 0.2) is 5.96 Å². The van der Waals surface area contributed by atoms with Gasteiger partial charge in [0.1, 0.15) is 5.76 Å². The number of guanidine groups is 1. The topological polar surface area (TPSA) is 75.3 Å². The number of halogens is 1. The van der Waals surface area contributed by atoms with Crippen molar-refractivity contribution in [3.8, 4) is 0 Å².